The predicted octanol–water partition coefficient (Wildman–Crippen LogP) is 1.45. The molecule has 2 aliphatic carbocycles. The lowest BCUT2D eigenvalue weighted by Crippen LogP contribution is -2.64. The Morgan fingerprint density at radius 2 is 2.05 bits per heavy atom. The van der Waals surface area contributed by atoms with Gasteiger partial charge in [-0.3, -0.25) is 9.69 Å². The molecule has 4 aliphatic rings. The summed E-state index contributed by atoms with van der Waals surface area (Å²) in [6.45, 7) is 2.59. The van der Waals surface area contributed by atoms with Crippen LogP contribution in [-0.2, 0) is 19.0 Å². The molecule has 1 spiro atoms. The standard InChI is InChI=1S/C15H19NO5/c1-8-7-9-5-4-6-16-13(18)21-15(8)12(20-3)10(19-2)11(17)14(9,15)16/h8-9H,4-7H2,1-3H3/t8-,9+,14+,15+/m0/s1. The number of carbonyl (C=O) groups is 2. The molecule has 3 fully saturated rings. The lowest BCUT2D eigenvalue weighted by Gasteiger charge is -2.43. The number of hydrogen-bond donors (Lipinski definition) is 0. The summed E-state index contributed by atoms with van der Waals surface area (Å²) >= 11 is 0. The highest BCUT2D eigenvalue weighted by Gasteiger charge is 2.84. The smallest absolute Gasteiger partial charge is 0.411 e. The number of ketones is 1. The highest BCUT2D eigenvalue weighted by atomic mass is 16.6. The molecule has 0 aromatic carbocycles. The Hall–Kier alpha value is -1.72. The summed E-state index contributed by atoms with van der Waals surface area (Å²) in [5.41, 5.74) is -1.95. The first kappa shape index (κ1) is 13.0. The van der Waals surface area contributed by atoms with Gasteiger partial charge in [-0.05, 0) is 25.2 Å². The van der Waals surface area contributed by atoms with Crippen molar-refractivity contribution in [3.8, 4) is 0 Å². The van der Waals surface area contributed by atoms with Gasteiger partial charge in [-0.2, -0.15) is 0 Å². The van der Waals surface area contributed by atoms with E-state index in [2.05, 4.69) is 0 Å². The fraction of sp³-hybridized carbons (Fsp3) is 0.733. The maximum absolute atomic E-state index is 13.2. The number of hydrogen-bond acceptors (Lipinski definition) is 5. The van der Waals surface area contributed by atoms with Gasteiger partial charge in [-0.25, -0.2) is 4.79 Å². The second-order valence-electron chi connectivity index (χ2n) is 6.39. The summed E-state index contributed by atoms with van der Waals surface area (Å²) in [6.07, 6.45) is 2.30. The number of piperidine rings is 1. The van der Waals surface area contributed by atoms with Crippen molar-refractivity contribution in [1.29, 1.82) is 0 Å². The van der Waals surface area contributed by atoms with Crippen molar-refractivity contribution < 1.29 is 23.8 Å². The first-order valence-electron chi connectivity index (χ1n) is 7.43. The lowest BCUT2D eigenvalue weighted by atomic mass is 9.72. The molecule has 2 saturated heterocycles. The molecule has 0 radical (unpaired) electrons. The Kier molecular flexibility index (Phi) is 2.30. The molecule has 4 rings (SSSR count). The second-order valence-corrected chi connectivity index (χ2v) is 6.39. The van der Waals surface area contributed by atoms with Crippen LogP contribution in [0.3, 0.4) is 0 Å². The fourth-order valence-corrected chi connectivity index (χ4v) is 5.26. The van der Waals surface area contributed by atoms with E-state index >= 15 is 0 Å². The quantitative estimate of drug-likeness (QED) is 0.771. The summed E-state index contributed by atoms with van der Waals surface area (Å²) < 4.78 is 16.7. The second kappa shape index (κ2) is 3.72. The van der Waals surface area contributed by atoms with Gasteiger partial charge in [0, 0.05) is 12.5 Å². The number of methoxy groups -OCH3 is 2. The van der Waals surface area contributed by atoms with E-state index in [0.29, 0.717) is 12.3 Å². The highest BCUT2D eigenvalue weighted by molar-refractivity contribution is 6.10. The van der Waals surface area contributed by atoms with Gasteiger partial charge in [0.05, 0.1) is 14.2 Å². The third kappa shape index (κ3) is 1.04. The summed E-state index contributed by atoms with van der Waals surface area (Å²) in [4.78, 5) is 27.2. The molecular weight excluding hydrogens is 274 g/mol. The van der Waals surface area contributed by atoms with Crippen molar-refractivity contribution in [3.05, 3.63) is 11.5 Å². The number of Topliss-reactive ketones (excluding diaryl/α,β-unsaturated/α-hetero) is 1. The van der Waals surface area contributed by atoms with Crippen molar-refractivity contribution in [3.63, 3.8) is 0 Å². The van der Waals surface area contributed by atoms with Crippen LogP contribution in [0, 0.1) is 11.8 Å². The number of ether oxygens (including phenoxy) is 3. The summed E-state index contributed by atoms with van der Waals surface area (Å²) in [5, 5.41) is 0. The van der Waals surface area contributed by atoms with Gasteiger partial charge in [-0.1, -0.05) is 6.92 Å². The molecule has 0 aromatic rings. The van der Waals surface area contributed by atoms with Crippen molar-refractivity contribution in [1.82, 2.24) is 4.90 Å². The van der Waals surface area contributed by atoms with Gasteiger partial charge in [0.25, 0.3) is 0 Å². The Labute approximate surface area is 123 Å². The van der Waals surface area contributed by atoms with Crippen molar-refractivity contribution in [2.45, 2.75) is 37.3 Å². The van der Waals surface area contributed by atoms with Gasteiger partial charge >= 0.3 is 6.09 Å². The Morgan fingerprint density at radius 1 is 1.29 bits per heavy atom. The fourth-order valence-electron chi connectivity index (χ4n) is 5.26. The van der Waals surface area contributed by atoms with Gasteiger partial charge in [0.15, 0.2) is 11.3 Å². The molecule has 1 saturated carbocycles. The zero-order valence-corrected chi connectivity index (χ0v) is 12.5. The predicted molar refractivity (Wildman–Crippen MR) is 71.2 cm³/mol. The van der Waals surface area contributed by atoms with Gasteiger partial charge in [0.1, 0.15) is 0 Å². The summed E-state index contributed by atoms with van der Waals surface area (Å²) in [7, 11) is 2.97. The molecule has 2 aliphatic heterocycles. The van der Waals surface area contributed by atoms with Gasteiger partial charge in [0.2, 0.25) is 17.1 Å². The van der Waals surface area contributed by atoms with Crippen LogP contribution in [0.15, 0.2) is 11.5 Å². The first-order chi connectivity index (χ1) is 10.1. The SMILES string of the molecule is COC1=C(OC)[C@]23OC(=O)N4CCC[C@H](C[C@@H]2C)[C@]43C1=O. The van der Waals surface area contributed by atoms with E-state index in [4.69, 9.17) is 14.2 Å². The topological polar surface area (TPSA) is 65.1 Å². The summed E-state index contributed by atoms with van der Waals surface area (Å²) in [6, 6.07) is 0. The van der Waals surface area contributed by atoms with E-state index in [0.717, 1.165) is 19.3 Å². The molecule has 0 aromatic heterocycles. The number of amides is 1. The van der Waals surface area contributed by atoms with Crippen LogP contribution in [-0.4, -0.2) is 48.7 Å². The van der Waals surface area contributed by atoms with E-state index in [1.807, 2.05) is 6.92 Å². The van der Waals surface area contributed by atoms with Crippen LogP contribution in [0.1, 0.15) is 26.2 Å². The van der Waals surface area contributed by atoms with Crippen molar-refractivity contribution in [2.24, 2.45) is 11.8 Å². The molecule has 21 heavy (non-hydrogen) atoms. The number of rotatable bonds is 2. The molecule has 6 heteroatoms. The normalized spacial score (nSPS) is 43.9. The van der Waals surface area contributed by atoms with Crippen molar-refractivity contribution in [2.75, 3.05) is 20.8 Å². The van der Waals surface area contributed by atoms with E-state index in [1.54, 1.807) is 4.90 Å². The zero-order valence-electron chi connectivity index (χ0n) is 12.5. The maximum atomic E-state index is 13.2. The zero-order chi connectivity index (χ0) is 15.0. The number of nitrogens with zero attached hydrogens (tertiary/aromatic N) is 1. The third-order valence-electron chi connectivity index (χ3n) is 5.82. The van der Waals surface area contributed by atoms with Crippen molar-refractivity contribution >= 4 is 11.9 Å². The monoisotopic (exact) mass is 293 g/mol. The molecule has 0 bridgehead atoms. The third-order valence-corrected chi connectivity index (χ3v) is 5.82. The van der Waals surface area contributed by atoms with Gasteiger partial charge < -0.3 is 14.2 Å². The van der Waals surface area contributed by atoms with Gasteiger partial charge in [-0.15, -0.1) is 0 Å². The molecule has 4 atom stereocenters. The van der Waals surface area contributed by atoms with Crippen LogP contribution in [0.5, 0.6) is 0 Å². The van der Waals surface area contributed by atoms with E-state index < -0.39 is 17.2 Å². The van der Waals surface area contributed by atoms with Crippen LogP contribution < -0.4 is 0 Å². The van der Waals surface area contributed by atoms with Crippen LogP contribution in [0.2, 0.25) is 0 Å². The molecule has 0 unspecified atom stereocenters. The highest BCUT2D eigenvalue weighted by Crippen LogP contribution is 2.67. The minimum absolute atomic E-state index is 0.0288. The number of carbonyl (C=O) groups excluding carboxylic acids is 2. The minimum atomic E-state index is -1.01. The molecule has 114 valence electrons. The van der Waals surface area contributed by atoms with Crippen LogP contribution >= 0.6 is 0 Å². The molecule has 2 heterocycles. The average Bonchev–Trinajstić information content (AvgIpc) is 2.97. The molecule has 1 amide bonds. The van der Waals surface area contributed by atoms with Crippen LogP contribution in [0.25, 0.3) is 0 Å². The average molecular weight is 293 g/mol. The largest absolute Gasteiger partial charge is 0.493 e. The molecular formula is C15H19NO5. The Balaban J connectivity index is 2.03. The Morgan fingerprint density at radius 3 is 2.71 bits per heavy atom. The minimum Gasteiger partial charge on any atom is -0.493 e. The van der Waals surface area contributed by atoms with E-state index in [1.165, 1.54) is 14.2 Å². The molecule has 6 nitrogen and oxygen atoms in total. The Bertz CT molecular complexity index is 585. The maximum Gasteiger partial charge on any atom is 0.411 e. The van der Waals surface area contributed by atoms with Crippen LogP contribution in [0.4, 0.5) is 4.79 Å². The van der Waals surface area contributed by atoms with E-state index in [-0.39, 0.29) is 23.4 Å². The lowest BCUT2D eigenvalue weighted by molar-refractivity contribution is -0.134. The molecule has 0 N–H and O–H groups in total. The summed E-state index contributed by atoms with van der Waals surface area (Å²) in [5.74, 6) is 0.594. The first-order valence-corrected chi connectivity index (χ1v) is 7.43. The van der Waals surface area contributed by atoms with E-state index in [9.17, 15) is 9.59 Å².